The normalized spacial score (nSPS) is 25.7. The molecule has 2 rings (SSSR count). The lowest BCUT2D eigenvalue weighted by Crippen LogP contribution is -2.22. The van der Waals surface area contributed by atoms with Gasteiger partial charge in [-0.2, -0.15) is 0 Å². The van der Waals surface area contributed by atoms with Gasteiger partial charge < -0.3 is 10.1 Å². The van der Waals surface area contributed by atoms with Gasteiger partial charge in [0.05, 0.1) is 6.10 Å². The van der Waals surface area contributed by atoms with Crippen LogP contribution in [0.4, 0.5) is 4.39 Å². The number of rotatable bonds is 3. The molecule has 0 spiro atoms. The van der Waals surface area contributed by atoms with Crippen LogP contribution in [0.1, 0.15) is 5.56 Å². The van der Waals surface area contributed by atoms with Crippen LogP contribution >= 0.6 is 0 Å². The molecule has 0 saturated carbocycles. The third-order valence-electron chi connectivity index (χ3n) is 2.99. The van der Waals surface area contributed by atoms with Crippen LogP contribution in [-0.2, 0) is 11.2 Å². The summed E-state index contributed by atoms with van der Waals surface area (Å²) in [6, 6.07) is 6.72. The van der Waals surface area contributed by atoms with Crippen molar-refractivity contribution in [1.29, 1.82) is 0 Å². The van der Waals surface area contributed by atoms with E-state index >= 15 is 0 Å². The number of methoxy groups -OCH3 is 1. The Balaban J connectivity index is 1.99. The summed E-state index contributed by atoms with van der Waals surface area (Å²) in [7, 11) is 1.75. The van der Waals surface area contributed by atoms with Crippen molar-refractivity contribution >= 4 is 0 Å². The topological polar surface area (TPSA) is 21.3 Å². The monoisotopic (exact) mass is 209 g/mol. The molecule has 1 aromatic carbocycles. The first-order valence-corrected chi connectivity index (χ1v) is 5.27. The Labute approximate surface area is 89.4 Å². The fourth-order valence-corrected chi connectivity index (χ4v) is 2.11. The van der Waals surface area contributed by atoms with Crippen molar-refractivity contribution < 1.29 is 9.13 Å². The molecule has 0 aliphatic carbocycles. The van der Waals surface area contributed by atoms with Crippen LogP contribution < -0.4 is 5.32 Å². The Morgan fingerprint density at radius 3 is 2.73 bits per heavy atom. The fourth-order valence-electron chi connectivity index (χ4n) is 2.11. The van der Waals surface area contributed by atoms with E-state index in [-0.39, 0.29) is 11.9 Å². The predicted molar refractivity (Wildman–Crippen MR) is 57.3 cm³/mol. The van der Waals surface area contributed by atoms with Crippen molar-refractivity contribution in [2.75, 3.05) is 20.2 Å². The zero-order valence-corrected chi connectivity index (χ0v) is 8.87. The molecule has 1 fully saturated rings. The summed E-state index contributed by atoms with van der Waals surface area (Å²) in [5, 5.41) is 3.31. The standard InChI is InChI=1S/C12H16FNO/c1-15-12-8-14-7-10(12)6-9-2-4-11(13)5-3-9/h2-5,10,12,14H,6-8H2,1H3. The van der Waals surface area contributed by atoms with Crippen molar-refractivity contribution in [1.82, 2.24) is 5.32 Å². The number of nitrogens with one attached hydrogen (secondary N) is 1. The Morgan fingerprint density at radius 1 is 1.33 bits per heavy atom. The number of hydrogen-bond donors (Lipinski definition) is 1. The summed E-state index contributed by atoms with van der Waals surface area (Å²) in [6.45, 7) is 1.90. The minimum Gasteiger partial charge on any atom is -0.380 e. The zero-order valence-electron chi connectivity index (χ0n) is 8.87. The van der Waals surface area contributed by atoms with E-state index in [4.69, 9.17) is 4.74 Å². The molecule has 0 amide bonds. The molecular weight excluding hydrogens is 193 g/mol. The fraction of sp³-hybridized carbons (Fsp3) is 0.500. The minimum absolute atomic E-state index is 0.174. The molecule has 0 radical (unpaired) electrons. The van der Waals surface area contributed by atoms with Gasteiger partial charge in [0.25, 0.3) is 0 Å². The Hall–Kier alpha value is -0.930. The summed E-state index contributed by atoms with van der Waals surface area (Å²) in [5.41, 5.74) is 1.17. The first-order chi connectivity index (χ1) is 7.29. The summed E-state index contributed by atoms with van der Waals surface area (Å²) in [4.78, 5) is 0. The summed E-state index contributed by atoms with van der Waals surface area (Å²) >= 11 is 0. The van der Waals surface area contributed by atoms with E-state index in [1.807, 2.05) is 12.1 Å². The molecule has 2 atom stereocenters. The van der Waals surface area contributed by atoms with Crippen LogP contribution in [0, 0.1) is 11.7 Å². The molecule has 0 aromatic heterocycles. The molecular formula is C12H16FNO. The maximum Gasteiger partial charge on any atom is 0.123 e. The van der Waals surface area contributed by atoms with Crippen molar-refractivity contribution in [3.05, 3.63) is 35.6 Å². The maximum atomic E-state index is 12.7. The van der Waals surface area contributed by atoms with Gasteiger partial charge >= 0.3 is 0 Å². The quantitative estimate of drug-likeness (QED) is 0.816. The molecule has 15 heavy (non-hydrogen) atoms. The highest BCUT2D eigenvalue weighted by molar-refractivity contribution is 5.17. The number of halogens is 1. The van der Waals surface area contributed by atoms with Gasteiger partial charge in [-0.25, -0.2) is 4.39 Å². The molecule has 1 heterocycles. The number of hydrogen-bond acceptors (Lipinski definition) is 2. The van der Waals surface area contributed by atoms with E-state index in [9.17, 15) is 4.39 Å². The number of benzene rings is 1. The SMILES string of the molecule is COC1CNCC1Cc1ccc(F)cc1. The molecule has 3 heteroatoms. The zero-order chi connectivity index (χ0) is 10.7. The van der Waals surface area contributed by atoms with Crippen LogP contribution in [0.2, 0.25) is 0 Å². The Morgan fingerprint density at radius 2 is 2.07 bits per heavy atom. The second kappa shape index (κ2) is 4.73. The molecule has 1 aromatic rings. The van der Waals surface area contributed by atoms with Crippen LogP contribution in [0.25, 0.3) is 0 Å². The molecule has 1 saturated heterocycles. The van der Waals surface area contributed by atoms with Crippen LogP contribution in [-0.4, -0.2) is 26.3 Å². The molecule has 1 aliphatic rings. The smallest absolute Gasteiger partial charge is 0.123 e. The van der Waals surface area contributed by atoms with Gasteiger partial charge in [0.1, 0.15) is 5.82 Å². The van der Waals surface area contributed by atoms with Crippen molar-refractivity contribution in [3.8, 4) is 0 Å². The van der Waals surface area contributed by atoms with Gasteiger partial charge in [0.2, 0.25) is 0 Å². The Kier molecular flexibility index (Phi) is 3.34. The minimum atomic E-state index is -0.174. The van der Waals surface area contributed by atoms with E-state index in [0.717, 1.165) is 19.5 Å². The van der Waals surface area contributed by atoms with Crippen LogP contribution in [0.3, 0.4) is 0 Å². The predicted octanol–water partition coefficient (Wildman–Crippen LogP) is 1.60. The molecule has 0 bridgehead atoms. The molecule has 1 aliphatic heterocycles. The largest absolute Gasteiger partial charge is 0.380 e. The van der Waals surface area contributed by atoms with Gasteiger partial charge in [-0.15, -0.1) is 0 Å². The van der Waals surface area contributed by atoms with Crippen molar-refractivity contribution in [2.45, 2.75) is 12.5 Å². The van der Waals surface area contributed by atoms with Crippen molar-refractivity contribution in [3.63, 3.8) is 0 Å². The first-order valence-electron chi connectivity index (χ1n) is 5.27. The van der Waals surface area contributed by atoms with Crippen LogP contribution in [0.15, 0.2) is 24.3 Å². The maximum absolute atomic E-state index is 12.7. The summed E-state index contributed by atoms with van der Waals surface area (Å²) in [6.07, 6.45) is 1.24. The third-order valence-corrected chi connectivity index (χ3v) is 2.99. The van der Waals surface area contributed by atoms with E-state index in [1.165, 1.54) is 17.7 Å². The van der Waals surface area contributed by atoms with Gasteiger partial charge in [-0.3, -0.25) is 0 Å². The molecule has 2 unspecified atom stereocenters. The highest BCUT2D eigenvalue weighted by Crippen LogP contribution is 2.18. The average molecular weight is 209 g/mol. The van der Waals surface area contributed by atoms with Gasteiger partial charge in [-0.1, -0.05) is 12.1 Å². The van der Waals surface area contributed by atoms with Crippen molar-refractivity contribution in [2.24, 2.45) is 5.92 Å². The van der Waals surface area contributed by atoms with E-state index in [1.54, 1.807) is 7.11 Å². The van der Waals surface area contributed by atoms with Gasteiger partial charge in [0.15, 0.2) is 0 Å². The lowest BCUT2D eigenvalue weighted by Gasteiger charge is -2.16. The van der Waals surface area contributed by atoms with E-state index in [2.05, 4.69) is 5.32 Å². The van der Waals surface area contributed by atoms with Crippen LogP contribution in [0.5, 0.6) is 0 Å². The first kappa shape index (κ1) is 10.6. The lowest BCUT2D eigenvalue weighted by atomic mass is 9.96. The summed E-state index contributed by atoms with van der Waals surface area (Å²) < 4.78 is 18.1. The molecule has 82 valence electrons. The van der Waals surface area contributed by atoms with Gasteiger partial charge in [-0.05, 0) is 24.1 Å². The Bertz CT molecular complexity index is 312. The van der Waals surface area contributed by atoms with E-state index < -0.39 is 0 Å². The second-order valence-electron chi connectivity index (χ2n) is 4.02. The van der Waals surface area contributed by atoms with E-state index in [0.29, 0.717) is 5.92 Å². The number of ether oxygens (including phenoxy) is 1. The molecule has 1 N–H and O–H groups in total. The highest BCUT2D eigenvalue weighted by Gasteiger charge is 2.26. The third kappa shape index (κ3) is 2.55. The second-order valence-corrected chi connectivity index (χ2v) is 4.02. The highest BCUT2D eigenvalue weighted by atomic mass is 19.1. The lowest BCUT2D eigenvalue weighted by molar-refractivity contribution is 0.0832. The average Bonchev–Trinajstić information content (AvgIpc) is 2.69. The summed E-state index contributed by atoms with van der Waals surface area (Å²) in [5.74, 6) is 0.326. The van der Waals surface area contributed by atoms with Gasteiger partial charge in [0, 0.05) is 26.1 Å². The molecule has 2 nitrogen and oxygen atoms in total.